The van der Waals surface area contributed by atoms with Crippen LogP contribution in [0.1, 0.15) is 47.1 Å². The van der Waals surface area contributed by atoms with E-state index in [0.717, 1.165) is 36.4 Å². The molecule has 5 rings (SSSR count). The second-order valence-corrected chi connectivity index (χ2v) is 13.2. The number of Topliss-reactive ketones (excluding diaryl/α,β-unsaturated/α-hetero) is 1. The van der Waals surface area contributed by atoms with Gasteiger partial charge in [0, 0.05) is 26.1 Å². The van der Waals surface area contributed by atoms with E-state index in [1.807, 2.05) is 103 Å². The summed E-state index contributed by atoms with van der Waals surface area (Å²) in [5.74, 6) is -4.62. The third-order valence-electron chi connectivity index (χ3n) is 8.47. The fourth-order valence-electron chi connectivity index (χ4n) is 5.42. The highest BCUT2D eigenvalue weighted by atomic mass is 16.5. The zero-order valence-corrected chi connectivity index (χ0v) is 33.2. The molecular weight excluding hydrogens is 749 g/mol. The number of ether oxygens (including phenoxy) is 1. The van der Waals surface area contributed by atoms with Crippen LogP contribution in [0.2, 0.25) is 0 Å². The Balaban J connectivity index is 0.000000311. The monoisotopic (exact) mass is 802 g/mol. The maximum Gasteiger partial charge on any atom is 0.372 e. The Kier molecular flexibility index (Phi) is 22.6. The fourth-order valence-corrected chi connectivity index (χ4v) is 5.42. The van der Waals surface area contributed by atoms with Gasteiger partial charge in [-0.3, -0.25) is 19.2 Å². The number of nitrogens with one attached hydrogen (secondary N) is 1. The van der Waals surface area contributed by atoms with E-state index in [1.54, 1.807) is 13.2 Å². The van der Waals surface area contributed by atoms with E-state index in [1.165, 1.54) is 16.7 Å². The van der Waals surface area contributed by atoms with Crippen molar-refractivity contribution in [2.45, 2.75) is 51.7 Å². The molecule has 0 bridgehead atoms. The van der Waals surface area contributed by atoms with Crippen LogP contribution in [0.4, 0.5) is 0 Å². The number of amides is 2. The van der Waals surface area contributed by atoms with Crippen molar-refractivity contribution >= 4 is 29.5 Å². The van der Waals surface area contributed by atoms with Crippen molar-refractivity contribution in [1.29, 1.82) is 0 Å². The van der Waals surface area contributed by atoms with Crippen LogP contribution < -0.4 is 27.3 Å². The first kappa shape index (κ1) is 48.3. The van der Waals surface area contributed by atoms with Gasteiger partial charge in [0.25, 0.3) is 0 Å². The molecule has 0 aromatic heterocycles. The van der Waals surface area contributed by atoms with Crippen LogP contribution in [-0.4, -0.2) is 46.9 Å². The molecule has 0 spiro atoms. The van der Waals surface area contributed by atoms with Crippen molar-refractivity contribution in [3.05, 3.63) is 186 Å². The van der Waals surface area contributed by atoms with Gasteiger partial charge < -0.3 is 37.5 Å². The number of carbonyl (C=O) groups excluding carboxylic acids is 3. The minimum absolute atomic E-state index is 0.213. The predicted molar refractivity (Wildman–Crippen MR) is 229 cm³/mol. The van der Waals surface area contributed by atoms with Gasteiger partial charge in [-0.25, -0.2) is 4.79 Å². The summed E-state index contributed by atoms with van der Waals surface area (Å²) in [6.45, 7) is 2.49. The van der Waals surface area contributed by atoms with Crippen LogP contribution in [0, 0.1) is 5.41 Å². The van der Waals surface area contributed by atoms with Gasteiger partial charge in [0.2, 0.25) is 17.6 Å². The summed E-state index contributed by atoms with van der Waals surface area (Å²) in [6.07, 6.45) is 4.12. The first-order valence-corrected chi connectivity index (χ1v) is 18.8. The third kappa shape index (κ3) is 20.7. The van der Waals surface area contributed by atoms with E-state index in [9.17, 15) is 29.1 Å². The summed E-state index contributed by atoms with van der Waals surface area (Å²) < 4.78 is 5.14. The molecule has 9 N–H and O–H groups in total. The fraction of sp³-hybridized carbons (Fsp3) is 0.213. The van der Waals surface area contributed by atoms with Gasteiger partial charge in [0.05, 0.1) is 18.9 Å². The molecule has 12 heteroatoms. The number of hydrogen-bond acceptors (Lipinski definition) is 8. The van der Waals surface area contributed by atoms with Gasteiger partial charge in [-0.1, -0.05) is 146 Å². The molecule has 1 unspecified atom stereocenters. The van der Waals surface area contributed by atoms with Crippen molar-refractivity contribution in [1.82, 2.24) is 5.32 Å². The molecule has 12 nitrogen and oxygen atoms in total. The normalized spacial score (nSPS) is 11.2. The number of aryl methyl sites for hydroxylation is 1. The van der Waals surface area contributed by atoms with Crippen LogP contribution in [0.5, 0.6) is 5.75 Å². The number of allylic oxidation sites excluding steroid dienone is 1. The van der Waals surface area contributed by atoms with Crippen LogP contribution in [0.3, 0.4) is 0 Å². The topological polar surface area (TPSA) is 225 Å². The number of methoxy groups -OCH3 is 1. The highest BCUT2D eigenvalue weighted by Gasteiger charge is 2.37. The smallest absolute Gasteiger partial charge is 0.372 e. The molecular formula is C47H54N4O8. The minimum atomic E-state index is -1.63. The highest BCUT2D eigenvalue weighted by Crippen LogP contribution is 2.30. The van der Waals surface area contributed by atoms with Gasteiger partial charge in [0.15, 0.2) is 0 Å². The SMILES string of the molecule is COc1ccc(CC/C=C/C(CC(N)=O)(Cc2ccccc2)C(=O)O)cc1.NC(=O)CC(=O)C(=O)O.NCc1ccccc1.c1ccc(CNCc2ccccc2)cc1. The lowest BCUT2D eigenvalue weighted by Crippen LogP contribution is -2.36. The molecule has 0 saturated carbocycles. The molecule has 2 amide bonds. The van der Waals surface area contributed by atoms with E-state index in [4.69, 9.17) is 21.3 Å². The van der Waals surface area contributed by atoms with Crippen molar-refractivity contribution in [2.75, 3.05) is 7.11 Å². The molecule has 0 aliphatic carbocycles. The molecule has 5 aromatic rings. The molecule has 0 fully saturated rings. The number of ketones is 1. The van der Waals surface area contributed by atoms with E-state index in [2.05, 4.69) is 59.6 Å². The Labute approximate surface area is 345 Å². The van der Waals surface area contributed by atoms with Crippen molar-refractivity contribution in [3.8, 4) is 5.75 Å². The molecule has 59 heavy (non-hydrogen) atoms. The number of carbonyl (C=O) groups is 5. The van der Waals surface area contributed by atoms with Crippen LogP contribution in [0.25, 0.3) is 0 Å². The summed E-state index contributed by atoms with van der Waals surface area (Å²) in [7, 11) is 1.62. The second kappa shape index (κ2) is 27.7. The van der Waals surface area contributed by atoms with E-state index >= 15 is 0 Å². The number of nitrogens with two attached hydrogens (primary N) is 3. The van der Waals surface area contributed by atoms with Crippen molar-refractivity contribution in [3.63, 3.8) is 0 Å². The van der Waals surface area contributed by atoms with Gasteiger partial charge >= 0.3 is 11.9 Å². The molecule has 0 radical (unpaired) electrons. The largest absolute Gasteiger partial charge is 0.497 e. The Morgan fingerprint density at radius 2 is 1.08 bits per heavy atom. The van der Waals surface area contributed by atoms with Crippen LogP contribution in [0.15, 0.2) is 158 Å². The minimum Gasteiger partial charge on any atom is -0.497 e. The maximum atomic E-state index is 12.0. The number of hydrogen-bond donors (Lipinski definition) is 6. The zero-order valence-electron chi connectivity index (χ0n) is 33.2. The van der Waals surface area contributed by atoms with Crippen LogP contribution in [-0.2, 0) is 56.4 Å². The second-order valence-electron chi connectivity index (χ2n) is 13.2. The molecule has 1 atom stereocenters. The number of carboxylic acid groups (broad SMARTS) is 2. The van der Waals surface area contributed by atoms with Gasteiger partial charge in [0.1, 0.15) is 5.75 Å². The number of primary amides is 2. The third-order valence-corrected chi connectivity index (χ3v) is 8.47. The van der Waals surface area contributed by atoms with Gasteiger partial charge in [-0.2, -0.15) is 0 Å². The van der Waals surface area contributed by atoms with E-state index in [-0.39, 0.29) is 12.8 Å². The van der Waals surface area contributed by atoms with Gasteiger partial charge in [-0.05, 0) is 59.2 Å². The maximum absolute atomic E-state index is 12.0. The number of rotatable bonds is 18. The summed E-state index contributed by atoms with van der Waals surface area (Å²) in [6, 6.07) is 47.9. The number of aliphatic carboxylic acids is 2. The Hall–Kier alpha value is -6.89. The Bertz CT molecular complexity index is 1970. The first-order valence-electron chi connectivity index (χ1n) is 18.8. The molecule has 0 saturated heterocycles. The van der Waals surface area contributed by atoms with E-state index in [0.29, 0.717) is 13.0 Å². The van der Waals surface area contributed by atoms with Gasteiger partial charge in [-0.15, -0.1) is 0 Å². The van der Waals surface area contributed by atoms with E-state index < -0.39 is 41.4 Å². The van der Waals surface area contributed by atoms with Crippen LogP contribution >= 0.6 is 0 Å². The Morgan fingerprint density at radius 3 is 1.44 bits per heavy atom. The summed E-state index contributed by atoms with van der Waals surface area (Å²) in [5.41, 5.74) is 19.7. The Morgan fingerprint density at radius 1 is 0.627 bits per heavy atom. The zero-order chi connectivity index (χ0) is 43.3. The molecule has 0 aliphatic rings. The molecule has 0 aliphatic heterocycles. The number of carboxylic acids is 2. The first-order chi connectivity index (χ1) is 28.4. The lowest BCUT2D eigenvalue weighted by atomic mass is 9.78. The number of benzene rings is 5. The summed E-state index contributed by atoms with van der Waals surface area (Å²) >= 11 is 0. The molecule has 310 valence electrons. The summed E-state index contributed by atoms with van der Waals surface area (Å²) in [5, 5.41) is 21.1. The van der Waals surface area contributed by atoms with Crippen molar-refractivity contribution in [2.24, 2.45) is 22.6 Å². The summed E-state index contributed by atoms with van der Waals surface area (Å²) in [4.78, 5) is 53.1. The molecule has 5 aromatic carbocycles. The average Bonchev–Trinajstić information content (AvgIpc) is 3.24. The molecule has 0 heterocycles. The lowest BCUT2D eigenvalue weighted by Gasteiger charge is -2.25. The average molecular weight is 803 g/mol. The van der Waals surface area contributed by atoms with Crippen molar-refractivity contribution < 1.29 is 38.9 Å². The quantitative estimate of drug-likeness (QED) is 0.0344. The lowest BCUT2D eigenvalue weighted by molar-refractivity contribution is -0.150. The standard InChI is InChI=1S/C22H25NO4.C14H15N.C7H9N.C4H5NO4/c1-27-19-12-10-17(11-13-19)7-5-6-14-22(21(25)26,16-20(23)24)15-18-8-3-2-4-9-18;1-3-7-13(8-4-1)11-15-12-14-9-5-2-6-10-14;8-6-7-4-2-1-3-5-7;5-3(7)1-2(6)4(8)9/h2-4,6,8-14H,5,7,15-16H2,1H3,(H2,23,24)(H,25,26);1-10,15H,11-12H2;1-5H,6,8H2;1H2,(H2,5,7)(H,8,9)/b14-6+;;;. The predicted octanol–water partition coefficient (Wildman–Crippen LogP) is 6.01. The highest BCUT2D eigenvalue weighted by molar-refractivity contribution is 6.36.